The molecule has 0 radical (unpaired) electrons. The summed E-state index contributed by atoms with van der Waals surface area (Å²) in [5, 5.41) is 14.4. The summed E-state index contributed by atoms with van der Waals surface area (Å²) in [5.41, 5.74) is 0.652. The highest BCUT2D eigenvalue weighted by molar-refractivity contribution is 5.93. The largest absolute Gasteiger partial charge is 0.478 e. The molecule has 1 aliphatic carbocycles. The molecular formula is C13H16N2O3. The fourth-order valence-corrected chi connectivity index (χ4v) is 2.15. The molecule has 0 aromatic heterocycles. The quantitative estimate of drug-likeness (QED) is 0.768. The predicted octanol–water partition coefficient (Wildman–Crippen LogP) is 2.45. The van der Waals surface area contributed by atoms with Crippen molar-refractivity contribution in [1.29, 1.82) is 0 Å². The molecule has 1 aliphatic rings. The van der Waals surface area contributed by atoms with Gasteiger partial charge in [-0.2, -0.15) is 0 Å². The summed E-state index contributed by atoms with van der Waals surface area (Å²) in [5.74, 6) is -1.00. The first-order valence-electron chi connectivity index (χ1n) is 6.06. The number of carboxylic acids is 1. The molecule has 96 valence electrons. The topological polar surface area (TPSA) is 78.4 Å². The van der Waals surface area contributed by atoms with Crippen molar-refractivity contribution < 1.29 is 14.7 Å². The maximum atomic E-state index is 11.7. The summed E-state index contributed by atoms with van der Waals surface area (Å²) in [4.78, 5) is 22.5. The van der Waals surface area contributed by atoms with Gasteiger partial charge < -0.3 is 15.7 Å². The number of benzene rings is 1. The average Bonchev–Trinajstić information content (AvgIpc) is 2.82. The summed E-state index contributed by atoms with van der Waals surface area (Å²) in [6.45, 7) is 0. The van der Waals surface area contributed by atoms with Crippen LogP contribution in [-0.2, 0) is 0 Å². The number of carbonyl (C=O) groups excluding carboxylic acids is 1. The zero-order valence-electron chi connectivity index (χ0n) is 9.98. The molecule has 0 unspecified atom stereocenters. The number of carbonyl (C=O) groups is 2. The Morgan fingerprint density at radius 3 is 2.61 bits per heavy atom. The first kappa shape index (κ1) is 12.4. The van der Waals surface area contributed by atoms with Crippen molar-refractivity contribution in [2.24, 2.45) is 0 Å². The average molecular weight is 248 g/mol. The van der Waals surface area contributed by atoms with Crippen molar-refractivity contribution in [3.8, 4) is 0 Å². The number of carboxylic acid groups (broad SMARTS) is 1. The van der Waals surface area contributed by atoms with E-state index in [9.17, 15) is 9.59 Å². The lowest BCUT2D eigenvalue weighted by Gasteiger charge is -2.13. The standard InChI is InChI=1S/C13H16N2O3/c16-12(17)9-4-3-7-11(8-9)15-13(18)14-10-5-1-2-6-10/h3-4,7-8,10H,1-2,5-6H2,(H,16,17)(H2,14,15,18). The summed E-state index contributed by atoms with van der Waals surface area (Å²) in [6.07, 6.45) is 4.34. The van der Waals surface area contributed by atoms with Crippen molar-refractivity contribution in [1.82, 2.24) is 5.32 Å². The van der Waals surface area contributed by atoms with Crippen LogP contribution in [-0.4, -0.2) is 23.1 Å². The molecule has 0 spiro atoms. The third-order valence-electron chi connectivity index (χ3n) is 3.06. The van der Waals surface area contributed by atoms with Crippen molar-refractivity contribution >= 4 is 17.7 Å². The third-order valence-corrected chi connectivity index (χ3v) is 3.06. The van der Waals surface area contributed by atoms with E-state index in [1.165, 1.54) is 12.1 Å². The van der Waals surface area contributed by atoms with Gasteiger partial charge in [0.25, 0.3) is 0 Å². The van der Waals surface area contributed by atoms with Gasteiger partial charge in [-0.25, -0.2) is 9.59 Å². The Bertz CT molecular complexity index is 453. The second-order valence-electron chi connectivity index (χ2n) is 4.47. The van der Waals surface area contributed by atoms with Crippen LogP contribution in [0.5, 0.6) is 0 Å². The molecule has 2 rings (SSSR count). The number of amides is 2. The molecule has 0 heterocycles. The van der Waals surface area contributed by atoms with Crippen LogP contribution in [0.25, 0.3) is 0 Å². The fraction of sp³-hybridized carbons (Fsp3) is 0.385. The van der Waals surface area contributed by atoms with Gasteiger partial charge in [0.1, 0.15) is 0 Å². The number of urea groups is 1. The van der Waals surface area contributed by atoms with Gasteiger partial charge in [0.05, 0.1) is 5.56 Å². The molecule has 2 amide bonds. The first-order valence-corrected chi connectivity index (χ1v) is 6.06. The second-order valence-corrected chi connectivity index (χ2v) is 4.47. The number of nitrogens with one attached hydrogen (secondary N) is 2. The van der Waals surface area contributed by atoms with Crippen LogP contribution in [0, 0.1) is 0 Å². The summed E-state index contributed by atoms with van der Waals surface area (Å²) < 4.78 is 0. The van der Waals surface area contributed by atoms with E-state index in [1.807, 2.05) is 0 Å². The van der Waals surface area contributed by atoms with Gasteiger partial charge in [0.15, 0.2) is 0 Å². The van der Waals surface area contributed by atoms with Crippen LogP contribution in [0.1, 0.15) is 36.0 Å². The van der Waals surface area contributed by atoms with Gasteiger partial charge in [-0.3, -0.25) is 0 Å². The molecule has 1 aromatic carbocycles. The normalized spacial score (nSPS) is 15.3. The van der Waals surface area contributed by atoms with Crippen LogP contribution in [0.4, 0.5) is 10.5 Å². The Kier molecular flexibility index (Phi) is 3.82. The van der Waals surface area contributed by atoms with Crippen molar-refractivity contribution in [2.75, 3.05) is 5.32 Å². The van der Waals surface area contributed by atoms with Gasteiger partial charge in [0, 0.05) is 11.7 Å². The third kappa shape index (κ3) is 3.23. The summed E-state index contributed by atoms with van der Waals surface area (Å²) in [7, 11) is 0. The Labute approximate surface area is 105 Å². The smallest absolute Gasteiger partial charge is 0.335 e. The number of anilines is 1. The minimum atomic E-state index is -1.00. The molecule has 1 saturated carbocycles. The van der Waals surface area contributed by atoms with E-state index in [1.54, 1.807) is 12.1 Å². The minimum Gasteiger partial charge on any atom is -0.478 e. The Hall–Kier alpha value is -2.04. The van der Waals surface area contributed by atoms with Gasteiger partial charge in [-0.1, -0.05) is 18.9 Å². The van der Waals surface area contributed by atoms with E-state index in [0.717, 1.165) is 25.7 Å². The van der Waals surface area contributed by atoms with E-state index in [-0.39, 0.29) is 17.6 Å². The molecular weight excluding hydrogens is 232 g/mol. The number of rotatable bonds is 3. The predicted molar refractivity (Wildman–Crippen MR) is 67.8 cm³/mol. The van der Waals surface area contributed by atoms with Crippen molar-refractivity contribution in [3.63, 3.8) is 0 Å². The molecule has 3 N–H and O–H groups in total. The van der Waals surface area contributed by atoms with Crippen molar-refractivity contribution in [3.05, 3.63) is 29.8 Å². The molecule has 0 bridgehead atoms. The summed E-state index contributed by atoms with van der Waals surface area (Å²) >= 11 is 0. The van der Waals surface area contributed by atoms with Crippen molar-refractivity contribution in [2.45, 2.75) is 31.7 Å². The van der Waals surface area contributed by atoms with E-state index in [2.05, 4.69) is 10.6 Å². The monoisotopic (exact) mass is 248 g/mol. The Balaban J connectivity index is 1.93. The zero-order valence-corrected chi connectivity index (χ0v) is 9.98. The van der Waals surface area contributed by atoms with E-state index in [0.29, 0.717) is 5.69 Å². The maximum Gasteiger partial charge on any atom is 0.335 e. The zero-order chi connectivity index (χ0) is 13.0. The lowest BCUT2D eigenvalue weighted by Crippen LogP contribution is -2.36. The minimum absolute atomic E-state index is 0.161. The van der Waals surface area contributed by atoms with Crippen LogP contribution in [0.3, 0.4) is 0 Å². The molecule has 5 nitrogen and oxygen atoms in total. The van der Waals surface area contributed by atoms with Crippen LogP contribution < -0.4 is 10.6 Å². The molecule has 18 heavy (non-hydrogen) atoms. The van der Waals surface area contributed by atoms with Crippen LogP contribution in [0.15, 0.2) is 24.3 Å². The highest BCUT2D eigenvalue weighted by atomic mass is 16.4. The highest BCUT2D eigenvalue weighted by Crippen LogP contribution is 2.18. The first-order chi connectivity index (χ1) is 8.65. The van der Waals surface area contributed by atoms with Gasteiger partial charge in [-0.05, 0) is 31.0 Å². The number of hydrogen-bond acceptors (Lipinski definition) is 2. The Morgan fingerprint density at radius 2 is 1.94 bits per heavy atom. The van der Waals surface area contributed by atoms with Gasteiger partial charge >= 0.3 is 12.0 Å². The second kappa shape index (κ2) is 5.53. The lowest BCUT2D eigenvalue weighted by atomic mass is 10.2. The highest BCUT2D eigenvalue weighted by Gasteiger charge is 2.17. The summed E-state index contributed by atoms with van der Waals surface area (Å²) in [6, 6.07) is 6.17. The SMILES string of the molecule is O=C(Nc1cccc(C(=O)O)c1)NC1CCCC1. The molecule has 0 aliphatic heterocycles. The van der Waals surface area contributed by atoms with E-state index >= 15 is 0 Å². The lowest BCUT2D eigenvalue weighted by molar-refractivity contribution is 0.0697. The van der Waals surface area contributed by atoms with E-state index in [4.69, 9.17) is 5.11 Å². The number of aromatic carboxylic acids is 1. The maximum absolute atomic E-state index is 11.7. The molecule has 1 fully saturated rings. The number of hydrogen-bond donors (Lipinski definition) is 3. The fourth-order valence-electron chi connectivity index (χ4n) is 2.15. The molecule has 5 heteroatoms. The van der Waals surface area contributed by atoms with Crippen LogP contribution in [0.2, 0.25) is 0 Å². The van der Waals surface area contributed by atoms with Gasteiger partial charge in [-0.15, -0.1) is 0 Å². The Morgan fingerprint density at radius 1 is 1.22 bits per heavy atom. The molecule has 0 atom stereocenters. The van der Waals surface area contributed by atoms with Crippen LogP contribution >= 0.6 is 0 Å². The molecule has 1 aromatic rings. The van der Waals surface area contributed by atoms with E-state index < -0.39 is 5.97 Å². The molecule has 0 saturated heterocycles. The van der Waals surface area contributed by atoms with Gasteiger partial charge in [0.2, 0.25) is 0 Å².